The summed E-state index contributed by atoms with van der Waals surface area (Å²) in [6.07, 6.45) is 8.53. The van der Waals surface area contributed by atoms with E-state index in [-0.39, 0.29) is 6.10 Å². The number of fused-ring (bicyclic) bond motifs is 1. The molecule has 0 aromatic carbocycles. The highest BCUT2D eigenvalue weighted by Gasteiger charge is 2.23. The Morgan fingerprint density at radius 2 is 2.07 bits per heavy atom. The van der Waals surface area contributed by atoms with Crippen LogP contribution in [0, 0.1) is 0 Å². The number of nitrogens with zero attached hydrogens (tertiary/aromatic N) is 5. The van der Waals surface area contributed by atoms with Gasteiger partial charge in [-0.1, -0.05) is 0 Å². The van der Waals surface area contributed by atoms with Crippen LogP contribution in [0.25, 0.3) is 33.4 Å². The van der Waals surface area contributed by atoms with Gasteiger partial charge in [0.05, 0.1) is 23.5 Å². The van der Waals surface area contributed by atoms with Crippen LogP contribution in [0.2, 0.25) is 0 Å². The van der Waals surface area contributed by atoms with Crippen LogP contribution in [0.3, 0.4) is 0 Å². The fourth-order valence-electron chi connectivity index (χ4n) is 3.68. The topological polar surface area (TPSA) is 79.8 Å². The van der Waals surface area contributed by atoms with E-state index < -0.39 is 0 Å². The molecule has 5 rings (SSSR count). The second-order valence-electron chi connectivity index (χ2n) is 6.92. The largest absolute Gasteiger partial charge is 0.380 e. The summed E-state index contributed by atoms with van der Waals surface area (Å²) in [5, 5.41) is 8.67. The predicted octanol–water partition coefficient (Wildman–Crippen LogP) is 3.31. The van der Waals surface area contributed by atoms with Crippen LogP contribution in [-0.4, -0.2) is 51.5 Å². The number of ether oxygens (including phenoxy) is 1. The molecule has 140 valence electrons. The van der Waals surface area contributed by atoms with E-state index in [9.17, 15) is 0 Å². The molecule has 1 aliphatic heterocycles. The molecule has 4 aromatic heterocycles. The quantitative estimate of drug-likeness (QED) is 0.592. The van der Waals surface area contributed by atoms with Crippen molar-refractivity contribution in [3.05, 3.63) is 55.1 Å². The highest BCUT2D eigenvalue weighted by atomic mass is 16.5. The monoisotopic (exact) mass is 372 g/mol. The first kappa shape index (κ1) is 16.8. The van der Waals surface area contributed by atoms with Crippen molar-refractivity contribution in [2.45, 2.75) is 12.5 Å². The number of pyridine rings is 3. The summed E-state index contributed by atoms with van der Waals surface area (Å²) in [4.78, 5) is 15.5. The van der Waals surface area contributed by atoms with E-state index >= 15 is 0 Å². The maximum Gasteiger partial charge on any atom is 0.129 e. The second kappa shape index (κ2) is 7.01. The minimum absolute atomic E-state index is 0.268. The number of hydrogen-bond acceptors (Lipinski definition) is 6. The molecule has 1 aliphatic rings. The summed E-state index contributed by atoms with van der Waals surface area (Å²) in [5.74, 6) is 0.953. The van der Waals surface area contributed by atoms with Gasteiger partial charge in [0.1, 0.15) is 11.5 Å². The average molecular weight is 372 g/mol. The predicted molar refractivity (Wildman–Crippen MR) is 108 cm³/mol. The molecule has 4 aromatic rings. The van der Waals surface area contributed by atoms with Gasteiger partial charge in [0.15, 0.2) is 0 Å². The molecule has 1 fully saturated rings. The summed E-state index contributed by atoms with van der Waals surface area (Å²) in [6.45, 7) is 1.81. The first-order chi connectivity index (χ1) is 13.8. The Morgan fingerprint density at radius 1 is 1.11 bits per heavy atom. The van der Waals surface area contributed by atoms with E-state index in [1.165, 1.54) is 0 Å². The minimum atomic E-state index is 0.268. The third-order valence-electron chi connectivity index (χ3n) is 5.23. The van der Waals surface area contributed by atoms with Crippen LogP contribution in [0.15, 0.2) is 55.1 Å². The zero-order valence-electron chi connectivity index (χ0n) is 15.5. The number of H-pyrrole nitrogens is 1. The molecular formula is C21H20N6O. The molecule has 0 aliphatic carbocycles. The van der Waals surface area contributed by atoms with Crippen molar-refractivity contribution in [1.82, 2.24) is 25.1 Å². The Morgan fingerprint density at radius 3 is 2.89 bits per heavy atom. The van der Waals surface area contributed by atoms with Crippen molar-refractivity contribution in [2.24, 2.45) is 0 Å². The molecule has 5 heterocycles. The summed E-state index contributed by atoms with van der Waals surface area (Å²) in [6, 6.07) is 10.1. The maximum atomic E-state index is 5.48. The summed E-state index contributed by atoms with van der Waals surface area (Å²) < 4.78 is 5.48. The average Bonchev–Trinajstić information content (AvgIpc) is 3.41. The van der Waals surface area contributed by atoms with E-state index in [2.05, 4.69) is 42.2 Å². The maximum absolute atomic E-state index is 5.48. The van der Waals surface area contributed by atoms with Crippen LogP contribution in [0.4, 0.5) is 5.82 Å². The van der Waals surface area contributed by atoms with Crippen molar-refractivity contribution < 1.29 is 4.74 Å². The molecule has 0 spiro atoms. The van der Waals surface area contributed by atoms with Gasteiger partial charge >= 0.3 is 0 Å². The lowest BCUT2D eigenvalue weighted by Crippen LogP contribution is -2.23. The number of aromatic amines is 1. The Labute approximate surface area is 162 Å². The van der Waals surface area contributed by atoms with Gasteiger partial charge in [0.2, 0.25) is 0 Å². The SMILES string of the molecule is CO[C@@H]1CCN(c2cc(-c3n[nH]c4cnc(-c5cccnc5)cc34)ccn2)C1. The molecule has 0 radical (unpaired) electrons. The number of aromatic nitrogens is 5. The Kier molecular flexibility index (Phi) is 4.21. The van der Waals surface area contributed by atoms with E-state index in [1.54, 1.807) is 13.3 Å². The van der Waals surface area contributed by atoms with Crippen molar-refractivity contribution in [3.8, 4) is 22.5 Å². The number of methoxy groups -OCH3 is 1. The van der Waals surface area contributed by atoms with Crippen molar-refractivity contribution in [2.75, 3.05) is 25.1 Å². The van der Waals surface area contributed by atoms with Gasteiger partial charge in [-0.3, -0.25) is 15.1 Å². The lowest BCUT2D eigenvalue weighted by atomic mass is 10.1. The normalized spacial score (nSPS) is 16.8. The van der Waals surface area contributed by atoms with Gasteiger partial charge in [-0.25, -0.2) is 4.98 Å². The number of rotatable bonds is 4. The third-order valence-corrected chi connectivity index (χ3v) is 5.23. The van der Waals surface area contributed by atoms with Gasteiger partial charge in [-0.15, -0.1) is 0 Å². The molecule has 1 saturated heterocycles. The first-order valence-corrected chi connectivity index (χ1v) is 9.30. The molecule has 7 heteroatoms. The van der Waals surface area contributed by atoms with Crippen LogP contribution in [0.5, 0.6) is 0 Å². The molecular weight excluding hydrogens is 352 g/mol. The zero-order chi connectivity index (χ0) is 18.9. The van der Waals surface area contributed by atoms with E-state index in [4.69, 9.17) is 4.74 Å². The highest BCUT2D eigenvalue weighted by molar-refractivity contribution is 5.94. The lowest BCUT2D eigenvalue weighted by Gasteiger charge is -2.17. The molecule has 28 heavy (non-hydrogen) atoms. The first-order valence-electron chi connectivity index (χ1n) is 9.30. The third kappa shape index (κ3) is 2.99. The summed E-state index contributed by atoms with van der Waals surface area (Å²) in [7, 11) is 1.77. The fourth-order valence-corrected chi connectivity index (χ4v) is 3.68. The minimum Gasteiger partial charge on any atom is -0.380 e. The molecule has 0 saturated carbocycles. The number of anilines is 1. The van der Waals surface area contributed by atoms with Gasteiger partial charge < -0.3 is 9.64 Å². The van der Waals surface area contributed by atoms with E-state index in [1.807, 2.05) is 36.8 Å². The Bertz CT molecular complexity index is 1110. The molecule has 0 unspecified atom stereocenters. The van der Waals surface area contributed by atoms with Crippen LogP contribution in [-0.2, 0) is 4.74 Å². The number of hydrogen-bond donors (Lipinski definition) is 1. The van der Waals surface area contributed by atoms with Crippen LogP contribution >= 0.6 is 0 Å². The van der Waals surface area contributed by atoms with E-state index in [0.717, 1.165) is 58.7 Å². The molecule has 1 N–H and O–H groups in total. The Balaban J connectivity index is 1.54. The summed E-state index contributed by atoms with van der Waals surface area (Å²) in [5.41, 5.74) is 4.69. The van der Waals surface area contributed by atoms with Gasteiger partial charge in [-0.2, -0.15) is 5.10 Å². The second-order valence-corrected chi connectivity index (χ2v) is 6.92. The molecule has 7 nitrogen and oxygen atoms in total. The van der Waals surface area contributed by atoms with Crippen molar-refractivity contribution in [1.29, 1.82) is 0 Å². The number of nitrogens with one attached hydrogen (secondary N) is 1. The zero-order valence-corrected chi connectivity index (χ0v) is 15.5. The molecule has 0 bridgehead atoms. The lowest BCUT2D eigenvalue weighted by molar-refractivity contribution is 0.121. The van der Waals surface area contributed by atoms with Crippen molar-refractivity contribution >= 4 is 16.7 Å². The van der Waals surface area contributed by atoms with Crippen LogP contribution in [0.1, 0.15) is 6.42 Å². The standard InChI is InChI=1S/C21H20N6O/c1-28-16-5-8-27(13-16)20-9-14(4-7-23-20)21-17-10-18(15-3-2-6-22-11-15)24-12-19(17)25-26-21/h2-4,6-7,9-12,16H,5,8,13H2,1H3,(H,25,26)/t16-/m1/s1. The van der Waals surface area contributed by atoms with E-state index in [0.29, 0.717) is 0 Å². The fraction of sp³-hybridized carbons (Fsp3) is 0.238. The van der Waals surface area contributed by atoms with Crippen LogP contribution < -0.4 is 4.90 Å². The summed E-state index contributed by atoms with van der Waals surface area (Å²) >= 11 is 0. The van der Waals surface area contributed by atoms with Gasteiger partial charge in [0, 0.05) is 55.3 Å². The van der Waals surface area contributed by atoms with Gasteiger partial charge in [0.25, 0.3) is 0 Å². The Hall–Kier alpha value is -3.32. The smallest absolute Gasteiger partial charge is 0.129 e. The highest BCUT2D eigenvalue weighted by Crippen LogP contribution is 2.31. The molecule has 0 amide bonds. The van der Waals surface area contributed by atoms with Crippen molar-refractivity contribution in [3.63, 3.8) is 0 Å². The molecule has 1 atom stereocenters. The van der Waals surface area contributed by atoms with Gasteiger partial charge in [-0.05, 0) is 36.8 Å².